The summed E-state index contributed by atoms with van der Waals surface area (Å²) in [5.74, 6) is -0.124. The number of hydrogen-bond donors (Lipinski definition) is 0. The van der Waals surface area contributed by atoms with E-state index in [4.69, 9.17) is 19.2 Å². The topological polar surface area (TPSA) is 71.1 Å². The molecule has 2 aromatic carbocycles. The molecule has 0 N–H and O–H groups in total. The summed E-state index contributed by atoms with van der Waals surface area (Å²) < 4.78 is 12.3. The summed E-state index contributed by atoms with van der Waals surface area (Å²) in [6.07, 6.45) is 14.7. The number of allylic oxidation sites excluding steroid dienone is 1. The predicted octanol–water partition coefficient (Wildman–Crippen LogP) is 9.85. The van der Waals surface area contributed by atoms with Gasteiger partial charge in [-0.25, -0.2) is 19.4 Å². The van der Waals surface area contributed by atoms with E-state index in [0.29, 0.717) is 23.7 Å². The van der Waals surface area contributed by atoms with Crippen LogP contribution in [0.3, 0.4) is 0 Å². The van der Waals surface area contributed by atoms with Crippen molar-refractivity contribution in [1.82, 2.24) is 0 Å². The minimum Gasteiger partial charge on any atom is -0.462 e. The molecule has 5 aliphatic carbocycles. The average molecular weight is 679 g/mol. The van der Waals surface area contributed by atoms with E-state index in [1.54, 1.807) is 0 Å². The molecule has 0 amide bonds. The minimum absolute atomic E-state index is 0.0754. The molecule has 2 spiro atoms. The Morgan fingerprint density at radius 1 is 0.760 bits per heavy atom. The van der Waals surface area contributed by atoms with Crippen molar-refractivity contribution in [2.45, 2.75) is 117 Å². The zero-order valence-electron chi connectivity index (χ0n) is 31.0. The summed E-state index contributed by atoms with van der Waals surface area (Å²) >= 11 is 0. The summed E-state index contributed by atoms with van der Waals surface area (Å²) in [7, 11) is 0. The van der Waals surface area contributed by atoms with E-state index >= 15 is 0 Å². The third kappa shape index (κ3) is 4.27. The summed E-state index contributed by atoms with van der Waals surface area (Å²) in [5, 5.41) is 0. The smallest absolute Gasteiger partial charge is 0.338 e. The second kappa shape index (κ2) is 10.9. The van der Waals surface area contributed by atoms with Gasteiger partial charge in [0.1, 0.15) is 17.3 Å². The van der Waals surface area contributed by atoms with Crippen LogP contribution in [0, 0.1) is 38.4 Å². The molecule has 3 saturated carbocycles. The Morgan fingerprint density at radius 3 is 2.04 bits per heavy atom. The monoisotopic (exact) mass is 678 g/mol. The molecule has 2 bridgehead atoms. The normalized spacial score (nSPS) is 43.7. The van der Waals surface area contributed by atoms with Gasteiger partial charge in [-0.05, 0) is 110 Å². The van der Waals surface area contributed by atoms with Crippen LogP contribution >= 0.6 is 0 Å². The molecule has 0 unspecified atom stereocenters. The van der Waals surface area contributed by atoms with E-state index < -0.39 is 16.6 Å². The summed E-state index contributed by atoms with van der Waals surface area (Å²) in [6, 6.07) is 18.6. The van der Waals surface area contributed by atoms with E-state index in [0.717, 1.165) is 51.4 Å². The van der Waals surface area contributed by atoms with Crippen molar-refractivity contribution < 1.29 is 28.8 Å². The fourth-order valence-corrected chi connectivity index (χ4v) is 12.2. The van der Waals surface area contributed by atoms with Gasteiger partial charge in [0.25, 0.3) is 0 Å². The minimum atomic E-state index is -0.785. The van der Waals surface area contributed by atoms with Gasteiger partial charge >= 0.3 is 11.9 Å². The maximum atomic E-state index is 13.3. The maximum absolute atomic E-state index is 13.3. The lowest BCUT2D eigenvalue weighted by atomic mass is 9.33. The van der Waals surface area contributed by atoms with Gasteiger partial charge in [-0.3, -0.25) is 0 Å². The first-order valence-corrected chi connectivity index (χ1v) is 18.9. The molecule has 266 valence electrons. The Bertz CT molecular complexity index is 1760. The second-order valence-corrected chi connectivity index (χ2v) is 18.6. The van der Waals surface area contributed by atoms with Crippen molar-refractivity contribution in [3.05, 3.63) is 95.6 Å². The number of rotatable bonds is 5. The van der Waals surface area contributed by atoms with Gasteiger partial charge in [0.15, 0.2) is 0 Å². The highest BCUT2D eigenvalue weighted by atomic mass is 17.2. The molecule has 50 heavy (non-hydrogen) atoms. The zero-order valence-corrected chi connectivity index (χ0v) is 31.0. The van der Waals surface area contributed by atoms with Gasteiger partial charge in [-0.2, -0.15) is 0 Å². The quantitative estimate of drug-likeness (QED) is 0.178. The van der Waals surface area contributed by atoms with Gasteiger partial charge in [-0.1, -0.05) is 90.9 Å². The van der Waals surface area contributed by atoms with Crippen molar-refractivity contribution in [2.24, 2.45) is 38.4 Å². The molecule has 2 aliphatic heterocycles. The molecule has 2 aromatic rings. The number of carbonyl (C=O) groups is 2. The van der Waals surface area contributed by atoms with Gasteiger partial charge in [0.05, 0.1) is 17.7 Å². The summed E-state index contributed by atoms with van der Waals surface area (Å²) in [6.45, 7) is 17.0. The Hall–Kier alpha value is -3.22. The largest absolute Gasteiger partial charge is 0.462 e. The lowest BCUT2D eigenvalue weighted by molar-refractivity contribution is -0.488. The highest BCUT2D eigenvalue weighted by molar-refractivity contribution is 5.89. The third-order valence-electron chi connectivity index (χ3n) is 15.8. The van der Waals surface area contributed by atoms with E-state index in [1.807, 2.05) is 60.7 Å². The van der Waals surface area contributed by atoms with E-state index in [2.05, 4.69) is 66.7 Å². The van der Waals surface area contributed by atoms with Gasteiger partial charge < -0.3 is 9.47 Å². The number of ether oxygens (including phenoxy) is 2. The summed E-state index contributed by atoms with van der Waals surface area (Å²) in [4.78, 5) is 40.1. The first kappa shape index (κ1) is 33.9. The lowest BCUT2D eigenvalue weighted by Gasteiger charge is -2.76. The number of carbonyl (C=O) groups excluding carboxylic acids is 2. The van der Waals surface area contributed by atoms with E-state index in [9.17, 15) is 9.59 Å². The molecular formula is C44H54O6. The molecule has 0 radical (unpaired) electrons. The maximum Gasteiger partial charge on any atom is 0.338 e. The number of esters is 2. The predicted molar refractivity (Wildman–Crippen MR) is 192 cm³/mol. The van der Waals surface area contributed by atoms with Crippen LogP contribution in [0.5, 0.6) is 0 Å². The zero-order chi connectivity index (χ0) is 35.4. The van der Waals surface area contributed by atoms with Crippen molar-refractivity contribution in [3.63, 3.8) is 0 Å². The Labute approximate surface area is 297 Å². The Morgan fingerprint density at radius 2 is 1.40 bits per heavy atom. The van der Waals surface area contributed by atoms with Crippen LogP contribution in [-0.4, -0.2) is 35.9 Å². The van der Waals surface area contributed by atoms with Crippen molar-refractivity contribution in [3.8, 4) is 0 Å². The number of hydrogen-bond acceptors (Lipinski definition) is 6. The fraction of sp³-hybridized carbons (Fsp3) is 0.591. The van der Waals surface area contributed by atoms with Crippen molar-refractivity contribution in [1.29, 1.82) is 0 Å². The highest BCUT2D eigenvalue weighted by Crippen LogP contribution is 2.79. The highest BCUT2D eigenvalue weighted by Gasteiger charge is 2.79. The van der Waals surface area contributed by atoms with Crippen LogP contribution in [0.4, 0.5) is 0 Å². The van der Waals surface area contributed by atoms with Crippen LogP contribution in [-0.2, 0) is 19.2 Å². The molecule has 9 rings (SSSR count). The number of benzene rings is 2. The summed E-state index contributed by atoms with van der Waals surface area (Å²) in [5.41, 5.74) is -0.0381. The molecule has 6 nitrogen and oxygen atoms in total. The molecule has 4 fully saturated rings. The van der Waals surface area contributed by atoms with E-state index in [-0.39, 0.29) is 45.1 Å². The molecular weight excluding hydrogens is 624 g/mol. The average Bonchev–Trinajstić information content (AvgIpc) is 3.11. The third-order valence-corrected chi connectivity index (χ3v) is 15.8. The van der Waals surface area contributed by atoms with Crippen molar-refractivity contribution in [2.75, 3.05) is 6.61 Å². The fourth-order valence-electron chi connectivity index (χ4n) is 12.2. The van der Waals surface area contributed by atoms with Crippen LogP contribution in [0.2, 0.25) is 0 Å². The molecule has 6 heteroatoms. The second-order valence-electron chi connectivity index (χ2n) is 18.6. The van der Waals surface area contributed by atoms with Crippen LogP contribution in [0.15, 0.2) is 84.5 Å². The number of fused-ring (bicyclic) bond motifs is 4. The first-order chi connectivity index (χ1) is 23.6. The van der Waals surface area contributed by atoms with E-state index in [1.165, 1.54) is 5.57 Å². The van der Waals surface area contributed by atoms with Crippen molar-refractivity contribution >= 4 is 11.9 Å². The molecule has 1 saturated heterocycles. The standard InChI is InChI=1S/C44H54O6/c1-37(2)34(48-36(46)31-16-12-9-13-17-31)19-21-41(6)32-18-20-40(5)33-28-38(3,29-47-35(45)30-14-10-8-11-15-30)22-23-39(33,4)24-25-42(40,7)43(32)26-27-44(37,41)50-49-43/h8-18,26-27,33-34H,19-25,28-29H2,1-7H3/t33-,34-,38-,39-,40+,41-,42+,43-,44-/m1/s1. The Kier molecular flexibility index (Phi) is 7.39. The molecule has 7 aliphatic rings. The first-order valence-electron chi connectivity index (χ1n) is 18.9. The Balaban J connectivity index is 1.10. The molecule has 0 aromatic heterocycles. The van der Waals surface area contributed by atoms with Crippen LogP contribution in [0.1, 0.15) is 121 Å². The van der Waals surface area contributed by atoms with Gasteiger partial charge in [0, 0.05) is 21.7 Å². The molecule has 9 atom stereocenters. The lowest BCUT2D eigenvalue weighted by Crippen LogP contribution is -2.78. The molecule has 2 heterocycles. The van der Waals surface area contributed by atoms with Gasteiger partial charge in [-0.15, -0.1) is 0 Å². The van der Waals surface area contributed by atoms with Crippen LogP contribution < -0.4 is 0 Å². The SMILES string of the molecule is CC1(C)[C@H](OC(=O)c2ccccc2)CC[C@]2(C)C3=CC[C@@]4(C)[C@@H]5C[C@](C)(COC(=O)c6ccccc6)CC[C@]5(C)CC[C@]4(C)[C@@]34C=C[C@@]12OO4. The van der Waals surface area contributed by atoms with Crippen LogP contribution in [0.25, 0.3) is 0 Å². The van der Waals surface area contributed by atoms with Gasteiger partial charge in [0.2, 0.25) is 0 Å².